The third-order valence-electron chi connectivity index (χ3n) is 2.73. The molecule has 0 aliphatic carbocycles. The van der Waals surface area contributed by atoms with Gasteiger partial charge in [-0.3, -0.25) is 0 Å². The first kappa shape index (κ1) is 16.0. The predicted molar refractivity (Wildman–Crippen MR) is 86.9 cm³/mol. The number of benzene rings is 1. The predicted octanol–water partition coefficient (Wildman–Crippen LogP) is 3.48. The molecule has 2 rings (SSSR count). The molecule has 0 bridgehead atoms. The molecule has 0 atom stereocenters. The smallest absolute Gasteiger partial charge is 0.337 e. The lowest BCUT2D eigenvalue weighted by atomic mass is 10.2. The SMILES string of the molecule is COC(=O)c1ccc(Cl)c(Nc2nccc(NC(C)C)n2)c1. The van der Waals surface area contributed by atoms with Crippen LogP contribution in [0.4, 0.5) is 17.5 Å². The maximum absolute atomic E-state index is 11.6. The van der Waals surface area contributed by atoms with E-state index in [2.05, 4.69) is 20.6 Å². The number of ether oxygens (including phenoxy) is 1. The quantitative estimate of drug-likeness (QED) is 0.821. The van der Waals surface area contributed by atoms with Gasteiger partial charge < -0.3 is 15.4 Å². The Hall–Kier alpha value is -2.34. The number of carbonyl (C=O) groups excluding carboxylic acids is 1. The van der Waals surface area contributed by atoms with Crippen molar-refractivity contribution >= 4 is 35.0 Å². The van der Waals surface area contributed by atoms with Crippen LogP contribution in [0.25, 0.3) is 0 Å². The van der Waals surface area contributed by atoms with Crippen molar-refractivity contribution in [2.24, 2.45) is 0 Å². The van der Waals surface area contributed by atoms with E-state index in [0.29, 0.717) is 28.0 Å². The number of aromatic nitrogens is 2. The molecule has 1 aromatic carbocycles. The van der Waals surface area contributed by atoms with Crippen molar-refractivity contribution < 1.29 is 9.53 Å². The maximum atomic E-state index is 11.6. The van der Waals surface area contributed by atoms with E-state index >= 15 is 0 Å². The first-order valence-electron chi connectivity index (χ1n) is 6.74. The summed E-state index contributed by atoms with van der Waals surface area (Å²) in [7, 11) is 1.33. The number of nitrogens with zero attached hydrogens (tertiary/aromatic N) is 2. The Labute approximate surface area is 133 Å². The van der Waals surface area contributed by atoms with Crippen molar-refractivity contribution in [3.05, 3.63) is 41.0 Å². The van der Waals surface area contributed by atoms with Crippen LogP contribution in [0, 0.1) is 0 Å². The van der Waals surface area contributed by atoms with Crippen molar-refractivity contribution in [3.63, 3.8) is 0 Å². The van der Waals surface area contributed by atoms with Crippen LogP contribution < -0.4 is 10.6 Å². The summed E-state index contributed by atoms with van der Waals surface area (Å²) in [5.41, 5.74) is 0.928. The zero-order valence-corrected chi connectivity index (χ0v) is 13.3. The van der Waals surface area contributed by atoms with Crippen molar-refractivity contribution in [2.45, 2.75) is 19.9 Å². The Bertz CT molecular complexity index is 676. The molecule has 7 heteroatoms. The van der Waals surface area contributed by atoms with E-state index in [1.807, 2.05) is 13.8 Å². The highest BCUT2D eigenvalue weighted by atomic mass is 35.5. The molecule has 0 spiro atoms. The molecule has 0 saturated heterocycles. The summed E-state index contributed by atoms with van der Waals surface area (Å²) in [4.78, 5) is 20.0. The molecule has 0 aliphatic rings. The molecule has 0 fully saturated rings. The number of rotatable bonds is 5. The Kier molecular flexibility index (Phi) is 5.16. The molecule has 6 nitrogen and oxygen atoms in total. The maximum Gasteiger partial charge on any atom is 0.337 e. The lowest BCUT2D eigenvalue weighted by Gasteiger charge is -2.11. The van der Waals surface area contributed by atoms with Gasteiger partial charge in [-0.15, -0.1) is 0 Å². The molecule has 22 heavy (non-hydrogen) atoms. The first-order valence-corrected chi connectivity index (χ1v) is 7.12. The van der Waals surface area contributed by atoms with Crippen molar-refractivity contribution in [1.82, 2.24) is 9.97 Å². The average Bonchev–Trinajstić information content (AvgIpc) is 2.48. The van der Waals surface area contributed by atoms with Gasteiger partial charge in [0, 0.05) is 12.2 Å². The normalized spacial score (nSPS) is 10.4. The fourth-order valence-corrected chi connectivity index (χ4v) is 1.95. The van der Waals surface area contributed by atoms with Crippen LogP contribution in [0.15, 0.2) is 30.5 Å². The standard InChI is InChI=1S/C15H17ClN4O2/c1-9(2)18-13-6-7-17-15(20-13)19-12-8-10(14(21)22-3)4-5-11(12)16/h4-9H,1-3H3,(H2,17,18,19,20). The van der Waals surface area contributed by atoms with Crippen LogP contribution in [-0.2, 0) is 4.74 Å². The van der Waals surface area contributed by atoms with Gasteiger partial charge in [-0.1, -0.05) is 11.6 Å². The minimum Gasteiger partial charge on any atom is -0.465 e. The van der Waals surface area contributed by atoms with Gasteiger partial charge in [-0.2, -0.15) is 4.98 Å². The van der Waals surface area contributed by atoms with Crippen LogP contribution in [-0.4, -0.2) is 29.1 Å². The average molecular weight is 321 g/mol. The third kappa shape index (κ3) is 4.08. The second-order valence-corrected chi connectivity index (χ2v) is 5.28. The van der Waals surface area contributed by atoms with Gasteiger partial charge >= 0.3 is 5.97 Å². The van der Waals surface area contributed by atoms with Crippen molar-refractivity contribution in [1.29, 1.82) is 0 Å². The van der Waals surface area contributed by atoms with E-state index in [1.54, 1.807) is 30.5 Å². The number of hydrogen-bond acceptors (Lipinski definition) is 6. The van der Waals surface area contributed by atoms with E-state index in [9.17, 15) is 4.79 Å². The molecule has 0 aliphatic heterocycles. The van der Waals surface area contributed by atoms with Gasteiger partial charge in [-0.05, 0) is 38.1 Å². The lowest BCUT2D eigenvalue weighted by Crippen LogP contribution is -2.12. The molecule has 116 valence electrons. The topological polar surface area (TPSA) is 76.1 Å². The van der Waals surface area contributed by atoms with Gasteiger partial charge in [-0.25, -0.2) is 9.78 Å². The minimum atomic E-state index is -0.434. The summed E-state index contributed by atoms with van der Waals surface area (Å²) in [6.45, 7) is 4.04. The van der Waals surface area contributed by atoms with Crippen LogP contribution in [0.2, 0.25) is 5.02 Å². The Morgan fingerprint density at radius 1 is 1.32 bits per heavy atom. The second kappa shape index (κ2) is 7.09. The molecule has 0 unspecified atom stereocenters. The molecule has 1 heterocycles. The van der Waals surface area contributed by atoms with Gasteiger partial charge in [0.1, 0.15) is 5.82 Å². The molecule has 0 radical (unpaired) electrons. The fourth-order valence-electron chi connectivity index (χ4n) is 1.78. The summed E-state index contributed by atoms with van der Waals surface area (Å²) in [5.74, 6) is 0.651. The Balaban J connectivity index is 2.25. The molecule has 2 aromatic rings. The number of hydrogen-bond donors (Lipinski definition) is 2. The molecular formula is C15H17ClN4O2. The van der Waals surface area contributed by atoms with Gasteiger partial charge in [0.05, 0.1) is 23.4 Å². The van der Waals surface area contributed by atoms with E-state index in [-0.39, 0.29) is 6.04 Å². The number of esters is 1. The fraction of sp³-hybridized carbons (Fsp3) is 0.267. The van der Waals surface area contributed by atoms with Crippen molar-refractivity contribution in [2.75, 3.05) is 17.7 Å². The zero-order valence-electron chi connectivity index (χ0n) is 12.6. The molecule has 0 amide bonds. The minimum absolute atomic E-state index is 0.258. The second-order valence-electron chi connectivity index (χ2n) is 4.88. The highest BCUT2D eigenvalue weighted by Crippen LogP contribution is 2.26. The van der Waals surface area contributed by atoms with E-state index < -0.39 is 5.97 Å². The molecule has 2 N–H and O–H groups in total. The highest BCUT2D eigenvalue weighted by molar-refractivity contribution is 6.33. The highest BCUT2D eigenvalue weighted by Gasteiger charge is 2.10. The lowest BCUT2D eigenvalue weighted by molar-refractivity contribution is 0.0601. The summed E-state index contributed by atoms with van der Waals surface area (Å²) in [6.07, 6.45) is 1.64. The number of halogens is 1. The summed E-state index contributed by atoms with van der Waals surface area (Å²) < 4.78 is 4.69. The van der Waals surface area contributed by atoms with E-state index in [1.165, 1.54) is 7.11 Å². The first-order chi connectivity index (χ1) is 10.5. The summed E-state index contributed by atoms with van der Waals surface area (Å²) in [6, 6.07) is 6.84. The monoisotopic (exact) mass is 320 g/mol. The largest absolute Gasteiger partial charge is 0.465 e. The number of methoxy groups -OCH3 is 1. The van der Waals surface area contributed by atoms with Gasteiger partial charge in [0.15, 0.2) is 0 Å². The van der Waals surface area contributed by atoms with Crippen LogP contribution in [0.5, 0.6) is 0 Å². The van der Waals surface area contributed by atoms with E-state index in [0.717, 1.165) is 0 Å². The third-order valence-corrected chi connectivity index (χ3v) is 3.06. The number of nitrogens with one attached hydrogen (secondary N) is 2. The Morgan fingerprint density at radius 3 is 2.77 bits per heavy atom. The molecular weight excluding hydrogens is 304 g/mol. The number of anilines is 3. The zero-order chi connectivity index (χ0) is 16.1. The van der Waals surface area contributed by atoms with Crippen molar-refractivity contribution in [3.8, 4) is 0 Å². The molecule has 0 saturated carbocycles. The van der Waals surface area contributed by atoms with Gasteiger partial charge in [0.25, 0.3) is 0 Å². The number of carbonyl (C=O) groups is 1. The summed E-state index contributed by atoms with van der Waals surface area (Å²) in [5, 5.41) is 6.65. The van der Waals surface area contributed by atoms with Crippen LogP contribution in [0.1, 0.15) is 24.2 Å². The van der Waals surface area contributed by atoms with Crippen LogP contribution in [0.3, 0.4) is 0 Å². The van der Waals surface area contributed by atoms with Crippen LogP contribution >= 0.6 is 11.6 Å². The summed E-state index contributed by atoms with van der Waals surface area (Å²) >= 11 is 6.13. The van der Waals surface area contributed by atoms with E-state index in [4.69, 9.17) is 16.3 Å². The van der Waals surface area contributed by atoms with Gasteiger partial charge in [0.2, 0.25) is 5.95 Å². The molecule has 1 aromatic heterocycles. The Morgan fingerprint density at radius 2 is 2.09 bits per heavy atom.